The Morgan fingerprint density at radius 2 is 1.86 bits per heavy atom. The average Bonchev–Trinajstić information content (AvgIpc) is 3.14. The molecule has 0 radical (unpaired) electrons. The molecule has 146 valence electrons. The first-order chi connectivity index (χ1) is 13.6. The number of nitrogens with zero attached hydrogens (tertiary/aromatic N) is 1. The van der Waals surface area contributed by atoms with Crippen LogP contribution in [0.2, 0.25) is 0 Å². The highest BCUT2D eigenvalue weighted by Gasteiger charge is 2.25. The number of hydrogen-bond acceptors (Lipinski definition) is 4. The number of ether oxygens (including phenoxy) is 1. The highest BCUT2D eigenvalue weighted by atomic mass is 16.5. The van der Waals surface area contributed by atoms with Crippen LogP contribution in [-0.2, 0) is 22.5 Å². The molecule has 0 atom stereocenters. The molecule has 2 aromatic rings. The van der Waals surface area contributed by atoms with Crippen LogP contribution >= 0.6 is 0 Å². The fourth-order valence-corrected chi connectivity index (χ4v) is 3.12. The fourth-order valence-electron chi connectivity index (χ4n) is 3.12. The first-order valence-corrected chi connectivity index (χ1v) is 9.24. The molecule has 2 N–H and O–H groups in total. The molecule has 0 spiro atoms. The minimum Gasteiger partial charge on any atom is -0.465 e. The molecule has 1 aliphatic rings. The molecule has 0 saturated carbocycles. The van der Waals surface area contributed by atoms with Crippen molar-refractivity contribution in [3.05, 3.63) is 65.2 Å². The summed E-state index contributed by atoms with van der Waals surface area (Å²) in [5.74, 6) is -0.484. The van der Waals surface area contributed by atoms with Crippen molar-refractivity contribution >= 4 is 23.6 Å². The van der Waals surface area contributed by atoms with Gasteiger partial charge in [0.15, 0.2) is 0 Å². The summed E-state index contributed by atoms with van der Waals surface area (Å²) in [6, 6.07) is 14.6. The van der Waals surface area contributed by atoms with Gasteiger partial charge in [-0.05, 0) is 42.7 Å². The lowest BCUT2D eigenvalue weighted by Gasteiger charge is -2.17. The zero-order chi connectivity index (χ0) is 19.9. The van der Waals surface area contributed by atoms with Crippen molar-refractivity contribution in [3.8, 4) is 0 Å². The molecule has 28 heavy (non-hydrogen) atoms. The molecule has 0 unspecified atom stereocenters. The van der Waals surface area contributed by atoms with E-state index in [4.69, 9.17) is 4.74 Å². The number of carbonyl (C=O) groups is 3. The second-order valence-electron chi connectivity index (χ2n) is 6.38. The lowest BCUT2D eigenvalue weighted by molar-refractivity contribution is -0.141. The smallest absolute Gasteiger partial charge is 0.325 e. The van der Waals surface area contributed by atoms with E-state index >= 15 is 0 Å². The maximum Gasteiger partial charge on any atom is 0.325 e. The maximum absolute atomic E-state index is 12.7. The number of anilines is 1. The van der Waals surface area contributed by atoms with Crippen LogP contribution in [-0.4, -0.2) is 37.6 Å². The fraction of sp³-hybridized carbons (Fsp3) is 0.286. The SMILES string of the molecule is CCOC(=O)CNC(=O)NCc1ccc2c(c1)CCN2C(=O)c1ccccc1. The van der Waals surface area contributed by atoms with Gasteiger partial charge in [-0.3, -0.25) is 9.59 Å². The van der Waals surface area contributed by atoms with Crippen molar-refractivity contribution in [1.82, 2.24) is 10.6 Å². The molecule has 3 amide bonds. The van der Waals surface area contributed by atoms with E-state index in [1.807, 2.05) is 48.5 Å². The molecular weight excluding hydrogens is 358 g/mol. The van der Waals surface area contributed by atoms with Gasteiger partial charge in [0.25, 0.3) is 5.91 Å². The van der Waals surface area contributed by atoms with Crippen molar-refractivity contribution in [2.24, 2.45) is 0 Å². The Kier molecular flexibility index (Phi) is 6.26. The number of amides is 3. The molecule has 0 aliphatic carbocycles. The standard InChI is InChI=1S/C21H23N3O4/c1-2-28-19(25)14-23-21(27)22-13-15-8-9-18-17(12-15)10-11-24(18)20(26)16-6-4-3-5-7-16/h3-9,12H,2,10-11,13-14H2,1H3,(H2,22,23,27). The number of esters is 1. The molecule has 1 aliphatic heterocycles. The van der Waals surface area contributed by atoms with Gasteiger partial charge in [-0.15, -0.1) is 0 Å². The Hall–Kier alpha value is -3.35. The maximum atomic E-state index is 12.7. The second-order valence-corrected chi connectivity index (χ2v) is 6.38. The quantitative estimate of drug-likeness (QED) is 0.752. The third kappa shape index (κ3) is 4.68. The van der Waals surface area contributed by atoms with Crippen LogP contribution in [0.15, 0.2) is 48.5 Å². The second kappa shape index (κ2) is 9.03. The van der Waals surface area contributed by atoms with E-state index < -0.39 is 12.0 Å². The van der Waals surface area contributed by atoms with Crippen molar-refractivity contribution in [3.63, 3.8) is 0 Å². The summed E-state index contributed by atoms with van der Waals surface area (Å²) in [6.07, 6.45) is 0.775. The van der Waals surface area contributed by atoms with Gasteiger partial charge in [-0.1, -0.05) is 30.3 Å². The van der Waals surface area contributed by atoms with Gasteiger partial charge in [-0.2, -0.15) is 0 Å². The van der Waals surface area contributed by atoms with Crippen LogP contribution < -0.4 is 15.5 Å². The van der Waals surface area contributed by atoms with E-state index in [2.05, 4.69) is 10.6 Å². The summed E-state index contributed by atoms with van der Waals surface area (Å²) in [7, 11) is 0. The molecule has 0 bridgehead atoms. The Balaban J connectivity index is 1.57. The number of carbonyl (C=O) groups excluding carboxylic acids is 3. The van der Waals surface area contributed by atoms with Gasteiger partial charge in [-0.25, -0.2) is 4.79 Å². The molecule has 2 aromatic carbocycles. The summed E-state index contributed by atoms with van der Waals surface area (Å²) in [6.45, 7) is 2.79. The van der Waals surface area contributed by atoms with Crippen molar-refractivity contribution in [1.29, 1.82) is 0 Å². The van der Waals surface area contributed by atoms with Gasteiger partial charge in [0.2, 0.25) is 0 Å². The Bertz CT molecular complexity index is 867. The lowest BCUT2D eigenvalue weighted by Crippen LogP contribution is -2.38. The van der Waals surface area contributed by atoms with E-state index in [-0.39, 0.29) is 19.1 Å². The molecule has 0 fully saturated rings. The zero-order valence-corrected chi connectivity index (χ0v) is 15.7. The van der Waals surface area contributed by atoms with Crippen LogP contribution in [0.25, 0.3) is 0 Å². The molecule has 0 aromatic heterocycles. The summed E-state index contributed by atoms with van der Waals surface area (Å²) in [4.78, 5) is 37.5. The Morgan fingerprint density at radius 1 is 1.07 bits per heavy atom. The minimum absolute atomic E-state index is 0.0106. The molecule has 1 heterocycles. The monoisotopic (exact) mass is 381 g/mol. The van der Waals surface area contributed by atoms with E-state index in [1.165, 1.54) is 0 Å². The highest BCUT2D eigenvalue weighted by molar-refractivity contribution is 6.07. The number of hydrogen-bond donors (Lipinski definition) is 2. The highest BCUT2D eigenvalue weighted by Crippen LogP contribution is 2.30. The van der Waals surface area contributed by atoms with E-state index in [1.54, 1.807) is 11.8 Å². The number of nitrogens with one attached hydrogen (secondary N) is 2. The summed E-state index contributed by atoms with van der Waals surface area (Å²) in [5, 5.41) is 5.16. The van der Waals surface area contributed by atoms with Crippen LogP contribution in [0.5, 0.6) is 0 Å². The van der Waals surface area contributed by atoms with E-state index in [9.17, 15) is 14.4 Å². The van der Waals surface area contributed by atoms with Crippen molar-refractivity contribution in [2.45, 2.75) is 19.9 Å². The third-order valence-electron chi connectivity index (χ3n) is 4.46. The van der Waals surface area contributed by atoms with Gasteiger partial charge in [0, 0.05) is 24.3 Å². The first-order valence-electron chi connectivity index (χ1n) is 9.24. The van der Waals surface area contributed by atoms with Crippen molar-refractivity contribution in [2.75, 3.05) is 24.6 Å². The normalized spacial score (nSPS) is 12.2. The van der Waals surface area contributed by atoms with Crippen LogP contribution in [0.4, 0.5) is 10.5 Å². The number of benzene rings is 2. The number of fused-ring (bicyclic) bond motifs is 1. The number of rotatable bonds is 6. The van der Waals surface area contributed by atoms with E-state index in [0.717, 1.165) is 23.2 Å². The van der Waals surface area contributed by atoms with Crippen LogP contribution in [0.1, 0.15) is 28.4 Å². The van der Waals surface area contributed by atoms with Gasteiger partial charge in [0.05, 0.1) is 6.61 Å². The minimum atomic E-state index is -0.474. The van der Waals surface area contributed by atoms with Gasteiger partial charge in [0.1, 0.15) is 6.54 Å². The largest absolute Gasteiger partial charge is 0.465 e. The van der Waals surface area contributed by atoms with Gasteiger partial charge >= 0.3 is 12.0 Å². The lowest BCUT2D eigenvalue weighted by atomic mass is 10.1. The summed E-state index contributed by atoms with van der Waals surface area (Å²) >= 11 is 0. The van der Waals surface area contributed by atoms with E-state index in [0.29, 0.717) is 18.7 Å². The summed E-state index contributed by atoms with van der Waals surface area (Å²) in [5.41, 5.74) is 3.58. The topological polar surface area (TPSA) is 87.7 Å². The predicted octanol–water partition coefficient (Wildman–Crippen LogP) is 2.25. The Labute approximate surface area is 163 Å². The average molecular weight is 381 g/mol. The molecule has 7 nitrogen and oxygen atoms in total. The molecule has 7 heteroatoms. The number of urea groups is 1. The van der Waals surface area contributed by atoms with Gasteiger partial charge < -0.3 is 20.3 Å². The third-order valence-corrected chi connectivity index (χ3v) is 4.46. The molecular formula is C21H23N3O4. The molecule has 0 saturated heterocycles. The summed E-state index contributed by atoms with van der Waals surface area (Å²) < 4.78 is 4.75. The predicted molar refractivity (Wildman–Crippen MR) is 105 cm³/mol. The van der Waals surface area contributed by atoms with Crippen LogP contribution in [0.3, 0.4) is 0 Å². The Morgan fingerprint density at radius 3 is 2.61 bits per heavy atom. The molecule has 3 rings (SSSR count). The zero-order valence-electron chi connectivity index (χ0n) is 15.7. The van der Waals surface area contributed by atoms with Crippen LogP contribution in [0, 0.1) is 0 Å². The first kappa shape index (κ1) is 19.4. The van der Waals surface area contributed by atoms with Crippen molar-refractivity contribution < 1.29 is 19.1 Å².